The highest BCUT2D eigenvalue weighted by Gasteiger charge is 2.24. The SMILES string of the molecule is Nc1cc2c3c(cc4ccccc4c3c1)N(CCN1CCCCC1)C2. The third kappa shape index (κ3) is 2.54. The van der Waals surface area contributed by atoms with Gasteiger partial charge in [0.1, 0.15) is 0 Å². The highest BCUT2D eigenvalue weighted by atomic mass is 15.2. The summed E-state index contributed by atoms with van der Waals surface area (Å²) in [5.41, 5.74) is 9.87. The highest BCUT2D eigenvalue weighted by Crippen LogP contribution is 2.42. The molecule has 5 rings (SSSR count). The van der Waals surface area contributed by atoms with Crippen molar-refractivity contribution in [3.05, 3.63) is 48.0 Å². The Balaban J connectivity index is 1.55. The molecule has 3 aromatic rings. The number of hydrogen-bond donors (Lipinski definition) is 1. The summed E-state index contributed by atoms with van der Waals surface area (Å²) in [5.74, 6) is 0. The van der Waals surface area contributed by atoms with Crippen LogP contribution in [0.1, 0.15) is 24.8 Å². The largest absolute Gasteiger partial charge is 0.399 e. The number of nitrogens with zero attached hydrogens (tertiary/aromatic N) is 2. The van der Waals surface area contributed by atoms with Gasteiger partial charge < -0.3 is 15.5 Å². The van der Waals surface area contributed by atoms with E-state index in [1.165, 1.54) is 65.1 Å². The summed E-state index contributed by atoms with van der Waals surface area (Å²) in [5, 5.41) is 5.34. The first kappa shape index (κ1) is 15.0. The molecule has 0 spiro atoms. The molecule has 128 valence electrons. The molecular formula is C22H25N3. The second kappa shape index (κ2) is 5.92. The summed E-state index contributed by atoms with van der Waals surface area (Å²) in [6.45, 7) is 5.78. The van der Waals surface area contributed by atoms with Gasteiger partial charge in [0.05, 0.1) is 0 Å². The molecule has 1 fully saturated rings. The smallest absolute Gasteiger partial charge is 0.0459 e. The molecular weight excluding hydrogens is 306 g/mol. The average Bonchev–Trinajstić information content (AvgIpc) is 2.99. The van der Waals surface area contributed by atoms with E-state index >= 15 is 0 Å². The number of likely N-dealkylation sites (tertiary alicyclic amines) is 1. The zero-order valence-electron chi connectivity index (χ0n) is 14.7. The molecule has 0 amide bonds. The lowest BCUT2D eigenvalue weighted by molar-refractivity contribution is 0.233. The van der Waals surface area contributed by atoms with Gasteiger partial charge in [0.2, 0.25) is 0 Å². The Labute approximate surface area is 149 Å². The van der Waals surface area contributed by atoms with Gasteiger partial charge in [0.25, 0.3) is 0 Å². The zero-order valence-corrected chi connectivity index (χ0v) is 14.7. The van der Waals surface area contributed by atoms with Gasteiger partial charge in [0, 0.05) is 36.4 Å². The molecule has 25 heavy (non-hydrogen) atoms. The van der Waals surface area contributed by atoms with Gasteiger partial charge >= 0.3 is 0 Å². The van der Waals surface area contributed by atoms with Crippen molar-refractivity contribution in [1.82, 2.24) is 4.90 Å². The van der Waals surface area contributed by atoms with Gasteiger partial charge in [-0.05, 0) is 65.9 Å². The van der Waals surface area contributed by atoms with Gasteiger partial charge in [-0.3, -0.25) is 0 Å². The van der Waals surface area contributed by atoms with Crippen molar-refractivity contribution >= 4 is 32.9 Å². The fraction of sp³-hybridized carbons (Fsp3) is 0.364. The van der Waals surface area contributed by atoms with Gasteiger partial charge in [-0.15, -0.1) is 0 Å². The molecule has 2 aliphatic heterocycles. The van der Waals surface area contributed by atoms with Crippen LogP contribution in [-0.4, -0.2) is 31.1 Å². The van der Waals surface area contributed by atoms with E-state index < -0.39 is 0 Å². The van der Waals surface area contributed by atoms with Crippen LogP contribution >= 0.6 is 0 Å². The van der Waals surface area contributed by atoms with Crippen molar-refractivity contribution < 1.29 is 0 Å². The number of hydrogen-bond acceptors (Lipinski definition) is 3. The molecule has 0 atom stereocenters. The first-order valence-electron chi connectivity index (χ1n) is 9.51. The number of rotatable bonds is 3. The average molecular weight is 331 g/mol. The monoisotopic (exact) mass is 331 g/mol. The molecule has 0 aromatic heterocycles. The second-order valence-electron chi connectivity index (χ2n) is 7.54. The van der Waals surface area contributed by atoms with Crippen LogP contribution in [0.15, 0.2) is 42.5 Å². The zero-order chi connectivity index (χ0) is 16.8. The van der Waals surface area contributed by atoms with Gasteiger partial charge in [0.15, 0.2) is 0 Å². The Morgan fingerprint density at radius 2 is 1.72 bits per heavy atom. The Bertz CT molecular complexity index is 941. The molecule has 0 saturated carbocycles. The van der Waals surface area contributed by atoms with Gasteiger partial charge in [-0.1, -0.05) is 30.7 Å². The number of piperidine rings is 1. The van der Waals surface area contributed by atoms with E-state index in [1.807, 2.05) is 0 Å². The van der Waals surface area contributed by atoms with Crippen LogP contribution in [0.4, 0.5) is 11.4 Å². The molecule has 0 radical (unpaired) electrons. The predicted molar refractivity (Wildman–Crippen MR) is 107 cm³/mol. The standard InChI is InChI=1S/C22H25N3/c23-18-12-17-15-25(11-10-24-8-4-1-5-9-24)21-13-16-6-2-3-7-19(16)20(14-18)22(17)21/h2-3,6-7,12-14H,1,4-5,8-11,15,23H2. The van der Waals surface area contributed by atoms with E-state index in [0.29, 0.717) is 0 Å². The van der Waals surface area contributed by atoms with Crippen LogP contribution in [0.2, 0.25) is 0 Å². The van der Waals surface area contributed by atoms with E-state index in [2.05, 4.69) is 52.3 Å². The molecule has 0 aliphatic carbocycles. The Morgan fingerprint density at radius 1 is 0.880 bits per heavy atom. The maximum atomic E-state index is 6.22. The first-order valence-corrected chi connectivity index (χ1v) is 9.51. The summed E-state index contributed by atoms with van der Waals surface area (Å²) < 4.78 is 0. The highest BCUT2D eigenvalue weighted by molar-refractivity contribution is 6.16. The van der Waals surface area contributed by atoms with Crippen molar-refractivity contribution in [2.45, 2.75) is 25.8 Å². The summed E-state index contributed by atoms with van der Waals surface area (Å²) >= 11 is 0. The van der Waals surface area contributed by atoms with Crippen LogP contribution in [0, 0.1) is 0 Å². The first-order chi connectivity index (χ1) is 12.3. The quantitative estimate of drug-likeness (QED) is 0.571. The maximum Gasteiger partial charge on any atom is 0.0459 e. The summed E-state index contributed by atoms with van der Waals surface area (Å²) in [6.07, 6.45) is 4.12. The molecule has 2 N–H and O–H groups in total. The molecule has 3 aromatic carbocycles. The van der Waals surface area contributed by atoms with E-state index in [-0.39, 0.29) is 0 Å². The predicted octanol–water partition coefficient (Wildman–Crippen LogP) is 4.38. The lowest BCUT2D eigenvalue weighted by atomic mass is 9.98. The number of fused-ring (bicyclic) bond motifs is 2. The lowest BCUT2D eigenvalue weighted by Crippen LogP contribution is -2.36. The third-order valence-electron chi connectivity index (χ3n) is 5.88. The molecule has 0 bridgehead atoms. The number of benzene rings is 3. The topological polar surface area (TPSA) is 32.5 Å². The molecule has 3 heteroatoms. The third-order valence-corrected chi connectivity index (χ3v) is 5.88. The summed E-state index contributed by atoms with van der Waals surface area (Å²) in [7, 11) is 0. The van der Waals surface area contributed by atoms with Crippen molar-refractivity contribution in [1.29, 1.82) is 0 Å². The van der Waals surface area contributed by atoms with E-state index in [0.717, 1.165) is 25.3 Å². The molecule has 0 unspecified atom stereocenters. The lowest BCUT2D eigenvalue weighted by Gasteiger charge is -2.29. The summed E-state index contributed by atoms with van der Waals surface area (Å²) in [4.78, 5) is 5.18. The molecule has 2 aliphatic rings. The fourth-order valence-corrected chi connectivity index (χ4v) is 4.64. The Kier molecular flexibility index (Phi) is 3.56. The number of nitrogens with two attached hydrogens (primary N) is 1. The maximum absolute atomic E-state index is 6.22. The van der Waals surface area contributed by atoms with Gasteiger partial charge in [-0.2, -0.15) is 0 Å². The molecule has 1 saturated heterocycles. The summed E-state index contributed by atoms with van der Waals surface area (Å²) in [6, 6.07) is 15.4. The van der Waals surface area contributed by atoms with Crippen molar-refractivity contribution in [3.8, 4) is 0 Å². The minimum atomic E-state index is 0.877. The minimum absolute atomic E-state index is 0.877. The van der Waals surface area contributed by atoms with Crippen molar-refractivity contribution in [2.75, 3.05) is 36.8 Å². The number of nitrogen functional groups attached to an aromatic ring is 1. The van der Waals surface area contributed by atoms with Gasteiger partial charge in [-0.25, -0.2) is 0 Å². The van der Waals surface area contributed by atoms with Crippen LogP contribution in [0.5, 0.6) is 0 Å². The normalized spacial score (nSPS) is 17.7. The second-order valence-corrected chi connectivity index (χ2v) is 7.54. The van der Waals surface area contributed by atoms with E-state index in [4.69, 9.17) is 5.73 Å². The minimum Gasteiger partial charge on any atom is -0.399 e. The fourth-order valence-electron chi connectivity index (χ4n) is 4.64. The molecule has 2 heterocycles. The van der Waals surface area contributed by atoms with Crippen LogP contribution in [0.3, 0.4) is 0 Å². The Morgan fingerprint density at radius 3 is 2.60 bits per heavy atom. The molecule has 3 nitrogen and oxygen atoms in total. The van der Waals surface area contributed by atoms with Crippen LogP contribution < -0.4 is 10.6 Å². The van der Waals surface area contributed by atoms with Crippen molar-refractivity contribution in [2.24, 2.45) is 0 Å². The van der Waals surface area contributed by atoms with Crippen LogP contribution in [-0.2, 0) is 6.54 Å². The number of anilines is 2. The van der Waals surface area contributed by atoms with Crippen molar-refractivity contribution in [3.63, 3.8) is 0 Å². The Hall–Kier alpha value is -2.26. The van der Waals surface area contributed by atoms with Crippen LogP contribution in [0.25, 0.3) is 21.5 Å². The van der Waals surface area contributed by atoms with E-state index in [9.17, 15) is 0 Å². The van der Waals surface area contributed by atoms with E-state index in [1.54, 1.807) is 0 Å².